The largest absolute Gasteiger partial charge is 0.481 e. The van der Waals surface area contributed by atoms with Crippen LogP contribution in [0.5, 0.6) is 5.88 Å². The number of anilines is 2. The predicted molar refractivity (Wildman–Crippen MR) is 107 cm³/mol. The number of hydrogen-bond acceptors (Lipinski definition) is 6. The second-order valence-corrected chi connectivity index (χ2v) is 6.67. The molecule has 4 heterocycles. The number of benzene rings is 1. The van der Waals surface area contributed by atoms with E-state index in [0.717, 1.165) is 16.8 Å². The number of aromatic nitrogens is 6. The van der Waals surface area contributed by atoms with Crippen molar-refractivity contribution in [3.63, 3.8) is 0 Å². The van der Waals surface area contributed by atoms with Gasteiger partial charge in [-0.05, 0) is 36.4 Å². The molecule has 0 amide bonds. The lowest BCUT2D eigenvalue weighted by Gasteiger charge is -2.07. The number of nitrogens with one attached hydrogen (secondary N) is 2. The monoisotopic (exact) mass is 425 g/mol. The van der Waals surface area contributed by atoms with Crippen LogP contribution in [0.4, 0.5) is 24.8 Å². The SMILES string of the molecule is COc1ccc(-c2ccc3cnc(Nc4ccc5nc(C(F)(F)F)[nH]c5c4)nn23)cn1. The molecule has 5 aromatic rings. The highest BCUT2D eigenvalue weighted by molar-refractivity contribution is 5.80. The second kappa shape index (κ2) is 6.97. The van der Waals surface area contributed by atoms with Crippen LogP contribution in [0.2, 0.25) is 0 Å². The first-order valence-electron chi connectivity index (χ1n) is 9.10. The number of halogens is 3. The molecule has 4 aromatic heterocycles. The molecule has 0 saturated heterocycles. The number of rotatable bonds is 4. The average Bonchev–Trinajstić information content (AvgIpc) is 3.37. The minimum Gasteiger partial charge on any atom is -0.481 e. The van der Waals surface area contributed by atoms with Crippen LogP contribution in [-0.4, -0.2) is 36.7 Å². The zero-order valence-corrected chi connectivity index (χ0v) is 16.0. The van der Waals surface area contributed by atoms with Crippen molar-refractivity contribution in [2.75, 3.05) is 12.4 Å². The number of imidazole rings is 1. The van der Waals surface area contributed by atoms with Crippen LogP contribution in [-0.2, 0) is 6.18 Å². The van der Waals surface area contributed by atoms with Crippen LogP contribution in [0.3, 0.4) is 0 Å². The predicted octanol–water partition coefficient (Wildman–Crippen LogP) is 4.44. The number of pyridine rings is 1. The van der Waals surface area contributed by atoms with E-state index in [-0.39, 0.29) is 17.0 Å². The summed E-state index contributed by atoms with van der Waals surface area (Å²) in [6.07, 6.45) is -1.21. The van der Waals surface area contributed by atoms with Gasteiger partial charge in [0.1, 0.15) is 0 Å². The Hall–Kier alpha value is -4.15. The van der Waals surface area contributed by atoms with E-state index in [1.165, 1.54) is 12.1 Å². The molecule has 156 valence electrons. The van der Waals surface area contributed by atoms with Gasteiger partial charge in [0.2, 0.25) is 17.7 Å². The lowest BCUT2D eigenvalue weighted by Crippen LogP contribution is -2.06. The van der Waals surface area contributed by atoms with E-state index >= 15 is 0 Å². The molecule has 0 fully saturated rings. The van der Waals surface area contributed by atoms with Gasteiger partial charge in [-0.25, -0.2) is 19.5 Å². The summed E-state index contributed by atoms with van der Waals surface area (Å²) in [6.45, 7) is 0. The summed E-state index contributed by atoms with van der Waals surface area (Å²) in [5.74, 6) is -0.256. The Morgan fingerprint density at radius 2 is 1.90 bits per heavy atom. The summed E-state index contributed by atoms with van der Waals surface area (Å²) < 4.78 is 45.4. The first-order chi connectivity index (χ1) is 14.9. The van der Waals surface area contributed by atoms with E-state index < -0.39 is 12.0 Å². The lowest BCUT2D eigenvalue weighted by molar-refractivity contribution is -0.144. The Kier molecular flexibility index (Phi) is 4.24. The number of fused-ring (bicyclic) bond motifs is 2. The van der Waals surface area contributed by atoms with Gasteiger partial charge in [0, 0.05) is 23.5 Å². The summed E-state index contributed by atoms with van der Waals surface area (Å²) in [6, 6.07) is 12.0. The van der Waals surface area contributed by atoms with E-state index in [9.17, 15) is 13.2 Å². The fourth-order valence-electron chi connectivity index (χ4n) is 3.18. The molecule has 0 aliphatic rings. The van der Waals surface area contributed by atoms with Gasteiger partial charge in [0.05, 0.1) is 35.6 Å². The Morgan fingerprint density at radius 1 is 1.03 bits per heavy atom. The summed E-state index contributed by atoms with van der Waals surface area (Å²) in [5, 5.41) is 7.52. The van der Waals surface area contributed by atoms with Gasteiger partial charge in [-0.15, -0.1) is 5.10 Å². The summed E-state index contributed by atoms with van der Waals surface area (Å²) in [4.78, 5) is 14.3. The summed E-state index contributed by atoms with van der Waals surface area (Å²) in [7, 11) is 1.55. The quantitative estimate of drug-likeness (QED) is 0.442. The molecular weight excluding hydrogens is 411 g/mol. The number of aromatic amines is 1. The fourth-order valence-corrected chi connectivity index (χ4v) is 3.18. The Labute approximate surface area is 172 Å². The van der Waals surface area contributed by atoms with Crippen molar-refractivity contribution in [2.45, 2.75) is 6.18 Å². The van der Waals surface area contributed by atoms with Gasteiger partial charge in [0.25, 0.3) is 0 Å². The van der Waals surface area contributed by atoms with Crippen LogP contribution in [0.25, 0.3) is 27.8 Å². The standard InChI is InChI=1S/C20H14F3N7O/c1-31-17-7-2-11(9-24-17)16-6-4-13-10-25-19(29-30(13)16)26-12-3-5-14-15(8-12)28-18(27-14)20(21,22)23/h2-10H,1H3,(H,26,29)(H,27,28). The molecule has 8 nitrogen and oxygen atoms in total. The molecule has 31 heavy (non-hydrogen) atoms. The molecule has 0 saturated carbocycles. The summed E-state index contributed by atoms with van der Waals surface area (Å²) in [5.41, 5.74) is 3.40. The van der Waals surface area contributed by atoms with Gasteiger partial charge in [0.15, 0.2) is 0 Å². The smallest absolute Gasteiger partial charge is 0.449 e. The second-order valence-electron chi connectivity index (χ2n) is 6.67. The van der Waals surface area contributed by atoms with Gasteiger partial charge in [-0.1, -0.05) is 0 Å². The number of alkyl halides is 3. The normalized spacial score (nSPS) is 11.9. The first kappa shape index (κ1) is 18.9. The maximum Gasteiger partial charge on any atom is 0.449 e. The minimum atomic E-state index is -4.54. The molecule has 0 spiro atoms. The van der Waals surface area contributed by atoms with E-state index in [1.54, 1.807) is 36.2 Å². The van der Waals surface area contributed by atoms with Crippen molar-refractivity contribution in [1.29, 1.82) is 0 Å². The number of methoxy groups -OCH3 is 1. The van der Waals surface area contributed by atoms with E-state index in [1.807, 2.05) is 18.2 Å². The lowest BCUT2D eigenvalue weighted by atomic mass is 10.2. The van der Waals surface area contributed by atoms with Crippen LogP contribution in [0.1, 0.15) is 5.82 Å². The number of ether oxygens (including phenoxy) is 1. The fraction of sp³-hybridized carbons (Fsp3) is 0.100. The van der Waals surface area contributed by atoms with Gasteiger partial charge < -0.3 is 15.0 Å². The van der Waals surface area contributed by atoms with E-state index in [0.29, 0.717) is 11.6 Å². The van der Waals surface area contributed by atoms with Crippen LogP contribution < -0.4 is 10.1 Å². The molecule has 0 bridgehead atoms. The molecule has 0 aliphatic carbocycles. The van der Waals surface area contributed by atoms with Gasteiger partial charge in [-0.3, -0.25) is 0 Å². The molecule has 0 aliphatic heterocycles. The van der Waals surface area contributed by atoms with Crippen molar-refractivity contribution in [3.05, 3.63) is 60.7 Å². The highest BCUT2D eigenvalue weighted by Gasteiger charge is 2.34. The molecule has 0 radical (unpaired) electrons. The third kappa shape index (κ3) is 3.50. The summed E-state index contributed by atoms with van der Waals surface area (Å²) >= 11 is 0. The molecule has 5 rings (SSSR count). The maximum atomic E-state index is 12.9. The van der Waals surface area contributed by atoms with Crippen LogP contribution in [0, 0.1) is 0 Å². The van der Waals surface area contributed by atoms with E-state index in [4.69, 9.17) is 4.74 Å². The Morgan fingerprint density at radius 3 is 2.65 bits per heavy atom. The topological polar surface area (TPSA) is 93.0 Å². The molecular formula is C20H14F3N7O. The maximum absolute atomic E-state index is 12.9. The third-order valence-corrected chi connectivity index (χ3v) is 4.65. The molecule has 1 aromatic carbocycles. The van der Waals surface area contributed by atoms with Gasteiger partial charge in [-0.2, -0.15) is 13.2 Å². The highest BCUT2D eigenvalue weighted by atomic mass is 19.4. The Bertz CT molecular complexity index is 1390. The molecule has 2 N–H and O–H groups in total. The van der Waals surface area contributed by atoms with Crippen molar-refractivity contribution in [2.24, 2.45) is 0 Å². The number of nitrogens with zero attached hydrogens (tertiary/aromatic N) is 5. The minimum absolute atomic E-state index is 0.217. The average molecular weight is 425 g/mol. The third-order valence-electron chi connectivity index (χ3n) is 4.65. The van der Waals surface area contributed by atoms with Crippen molar-refractivity contribution >= 4 is 28.2 Å². The van der Waals surface area contributed by atoms with Crippen LogP contribution >= 0.6 is 0 Å². The van der Waals surface area contributed by atoms with Crippen molar-refractivity contribution in [3.8, 4) is 17.1 Å². The molecule has 11 heteroatoms. The first-order valence-corrected chi connectivity index (χ1v) is 9.10. The number of H-pyrrole nitrogens is 1. The number of hydrogen-bond donors (Lipinski definition) is 2. The van der Waals surface area contributed by atoms with Crippen LogP contribution in [0.15, 0.2) is 54.9 Å². The molecule has 0 unspecified atom stereocenters. The van der Waals surface area contributed by atoms with Crippen molar-refractivity contribution < 1.29 is 17.9 Å². The Balaban J connectivity index is 1.47. The highest BCUT2D eigenvalue weighted by Crippen LogP contribution is 2.30. The van der Waals surface area contributed by atoms with E-state index in [2.05, 4.69) is 30.4 Å². The zero-order valence-electron chi connectivity index (χ0n) is 16.0. The van der Waals surface area contributed by atoms with Gasteiger partial charge >= 0.3 is 6.18 Å². The van der Waals surface area contributed by atoms with Crippen molar-refractivity contribution in [1.82, 2.24) is 29.5 Å². The zero-order chi connectivity index (χ0) is 21.6. The molecule has 0 atom stereocenters.